The van der Waals surface area contributed by atoms with Gasteiger partial charge in [-0.2, -0.15) is 0 Å². The first-order valence-electron chi connectivity index (χ1n) is 10.1. The van der Waals surface area contributed by atoms with Gasteiger partial charge in [-0.25, -0.2) is 4.79 Å². The van der Waals surface area contributed by atoms with Crippen LogP contribution in [0.4, 0.5) is 4.79 Å². The van der Waals surface area contributed by atoms with Crippen LogP contribution in [0, 0.1) is 0 Å². The van der Waals surface area contributed by atoms with E-state index in [1.807, 2.05) is 45.0 Å². The zero-order valence-corrected chi connectivity index (χ0v) is 20.0. The van der Waals surface area contributed by atoms with E-state index in [2.05, 4.69) is 57.4 Å². The van der Waals surface area contributed by atoms with E-state index in [4.69, 9.17) is 9.16 Å². The summed E-state index contributed by atoms with van der Waals surface area (Å²) in [6.45, 7) is 17.6. The molecular formula is C23H39NO3Si. The van der Waals surface area contributed by atoms with E-state index in [0.717, 1.165) is 12.8 Å². The van der Waals surface area contributed by atoms with Gasteiger partial charge < -0.3 is 14.5 Å². The highest BCUT2D eigenvalue weighted by Gasteiger charge is 2.36. The molecule has 1 rings (SSSR count). The number of rotatable bonds is 8. The lowest BCUT2D eigenvalue weighted by Crippen LogP contribution is -2.41. The summed E-state index contributed by atoms with van der Waals surface area (Å²) in [5.74, 6) is 0. The summed E-state index contributed by atoms with van der Waals surface area (Å²) in [6.07, 6.45) is 5.30. The van der Waals surface area contributed by atoms with Crippen molar-refractivity contribution >= 4 is 14.4 Å². The first-order chi connectivity index (χ1) is 12.8. The third kappa shape index (κ3) is 9.56. The lowest BCUT2D eigenvalue weighted by atomic mass is 10.1. The highest BCUT2D eigenvalue weighted by Crippen LogP contribution is 2.36. The summed E-state index contributed by atoms with van der Waals surface area (Å²) in [6, 6.07) is 10.0. The molecule has 0 aliphatic heterocycles. The molecule has 28 heavy (non-hydrogen) atoms. The van der Waals surface area contributed by atoms with Crippen LogP contribution in [-0.4, -0.2) is 32.7 Å². The summed E-state index contributed by atoms with van der Waals surface area (Å²) in [7, 11) is -1.72. The lowest BCUT2D eigenvalue weighted by Gasteiger charge is -2.36. The molecule has 1 atom stereocenters. The second-order valence-electron chi connectivity index (χ2n) is 9.77. The first kappa shape index (κ1) is 24.4. The van der Waals surface area contributed by atoms with E-state index in [1.54, 1.807) is 0 Å². The number of carbonyl (C=O) groups is 1. The van der Waals surface area contributed by atoms with Crippen LogP contribution < -0.4 is 5.32 Å². The lowest BCUT2D eigenvalue weighted by molar-refractivity contribution is 0.0514. The average molecular weight is 406 g/mol. The van der Waals surface area contributed by atoms with Gasteiger partial charge in [0.1, 0.15) is 5.60 Å². The van der Waals surface area contributed by atoms with Crippen LogP contribution in [0.25, 0.3) is 0 Å². The molecule has 1 N–H and O–H groups in total. The van der Waals surface area contributed by atoms with Crippen molar-refractivity contribution in [2.24, 2.45) is 0 Å². The van der Waals surface area contributed by atoms with Crippen molar-refractivity contribution < 1.29 is 14.0 Å². The molecule has 0 spiro atoms. The van der Waals surface area contributed by atoms with Crippen LogP contribution in [-0.2, 0) is 15.6 Å². The Bertz CT molecular complexity index is 627. The smallest absolute Gasteiger partial charge is 0.408 e. The van der Waals surface area contributed by atoms with Crippen LogP contribution in [0.15, 0.2) is 42.5 Å². The van der Waals surface area contributed by atoms with E-state index in [9.17, 15) is 4.79 Å². The monoisotopic (exact) mass is 405 g/mol. The number of ether oxygens (including phenoxy) is 1. The highest BCUT2D eigenvalue weighted by atomic mass is 28.4. The van der Waals surface area contributed by atoms with Crippen LogP contribution >= 0.6 is 0 Å². The van der Waals surface area contributed by atoms with Crippen molar-refractivity contribution in [3.05, 3.63) is 48.0 Å². The molecule has 1 unspecified atom stereocenters. The van der Waals surface area contributed by atoms with Gasteiger partial charge in [-0.05, 0) is 57.3 Å². The number of nitrogens with one attached hydrogen (secondary N) is 1. The maximum absolute atomic E-state index is 12.2. The van der Waals surface area contributed by atoms with Crippen LogP contribution in [0.3, 0.4) is 0 Å². The molecule has 1 aromatic carbocycles. The normalized spacial score (nSPS) is 14.1. The second kappa shape index (κ2) is 10.3. The topological polar surface area (TPSA) is 47.6 Å². The van der Waals surface area contributed by atoms with Gasteiger partial charge in [-0.15, -0.1) is 0 Å². The summed E-state index contributed by atoms with van der Waals surface area (Å²) in [5, 5.41) is 3.19. The molecule has 1 amide bonds. The molecule has 4 nitrogen and oxygen atoms in total. The Morgan fingerprint density at radius 2 is 1.71 bits per heavy atom. The first-order valence-corrected chi connectivity index (χ1v) is 13.0. The third-order valence-corrected chi connectivity index (χ3v) is 9.46. The van der Waals surface area contributed by atoms with Gasteiger partial charge in [0, 0.05) is 6.61 Å². The molecule has 0 radical (unpaired) electrons. The van der Waals surface area contributed by atoms with Crippen molar-refractivity contribution in [1.29, 1.82) is 0 Å². The molecule has 0 saturated carbocycles. The van der Waals surface area contributed by atoms with Gasteiger partial charge in [0.05, 0.1) is 6.04 Å². The molecular weight excluding hydrogens is 366 g/mol. The fraction of sp³-hybridized carbons (Fsp3) is 0.609. The van der Waals surface area contributed by atoms with Gasteiger partial charge in [-0.3, -0.25) is 0 Å². The van der Waals surface area contributed by atoms with Crippen molar-refractivity contribution in [1.82, 2.24) is 5.32 Å². The zero-order valence-electron chi connectivity index (χ0n) is 19.0. The van der Waals surface area contributed by atoms with E-state index in [1.165, 1.54) is 5.56 Å². The summed E-state index contributed by atoms with van der Waals surface area (Å²) >= 11 is 0. The molecule has 0 saturated heterocycles. The zero-order chi connectivity index (χ0) is 21.4. The van der Waals surface area contributed by atoms with Gasteiger partial charge in [0.2, 0.25) is 0 Å². The highest BCUT2D eigenvalue weighted by molar-refractivity contribution is 6.74. The molecule has 158 valence electrons. The Kier molecular flexibility index (Phi) is 8.96. The van der Waals surface area contributed by atoms with Gasteiger partial charge in [0.15, 0.2) is 8.32 Å². The minimum atomic E-state index is -1.72. The minimum absolute atomic E-state index is 0.120. The third-order valence-electron chi connectivity index (χ3n) is 4.92. The van der Waals surface area contributed by atoms with Gasteiger partial charge in [0.25, 0.3) is 0 Å². The van der Waals surface area contributed by atoms with E-state index in [-0.39, 0.29) is 11.1 Å². The van der Waals surface area contributed by atoms with E-state index in [0.29, 0.717) is 6.61 Å². The fourth-order valence-corrected chi connectivity index (χ4v) is 3.41. The Balaban J connectivity index is 2.66. The SMILES string of the molecule is CC(C)(C)OC(=O)NC(/C=C/CCO[Si](C)(C)C(C)(C)C)Cc1ccccc1. The van der Waals surface area contributed by atoms with Crippen molar-refractivity contribution in [2.45, 2.75) is 84.2 Å². The maximum Gasteiger partial charge on any atom is 0.408 e. The largest absolute Gasteiger partial charge is 0.444 e. The Labute approximate surface area is 172 Å². The van der Waals surface area contributed by atoms with Gasteiger partial charge in [-0.1, -0.05) is 63.3 Å². The minimum Gasteiger partial charge on any atom is -0.444 e. The predicted molar refractivity (Wildman–Crippen MR) is 120 cm³/mol. The van der Waals surface area contributed by atoms with Crippen LogP contribution in [0.1, 0.15) is 53.5 Å². The average Bonchev–Trinajstić information content (AvgIpc) is 2.52. The molecule has 1 aromatic rings. The Morgan fingerprint density at radius 3 is 2.25 bits per heavy atom. The Hall–Kier alpha value is -1.59. The summed E-state index contributed by atoms with van der Waals surface area (Å²) < 4.78 is 11.6. The van der Waals surface area contributed by atoms with E-state index >= 15 is 0 Å². The van der Waals surface area contributed by atoms with Crippen molar-refractivity contribution in [2.75, 3.05) is 6.61 Å². The number of carbonyl (C=O) groups excluding carboxylic acids is 1. The molecule has 5 heteroatoms. The molecule has 0 aromatic heterocycles. The number of amides is 1. The molecule has 0 aliphatic carbocycles. The van der Waals surface area contributed by atoms with Crippen molar-refractivity contribution in [3.63, 3.8) is 0 Å². The fourth-order valence-electron chi connectivity index (χ4n) is 2.35. The maximum atomic E-state index is 12.2. The van der Waals surface area contributed by atoms with Crippen LogP contribution in [0.5, 0.6) is 0 Å². The predicted octanol–water partition coefficient (Wildman–Crippen LogP) is 6.09. The molecule has 0 heterocycles. The van der Waals surface area contributed by atoms with E-state index < -0.39 is 20.0 Å². The molecule has 0 bridgehead atoms. The standard InChI is InChI=1S/C23H39NO3Si/c1-22(2,3)27-21(25)24-20(18-19-14-10-9-11-15-19)16-12-13-17-26-28(7,8)23(4,5)6/h9-12,14-16,20H,13,17-18H2,1-8H3,(H,24,25)/b16-12+. The number of hydrogen-bond acceptors (Lipinski definition) is 3. The number of hydrogen-bond donors (Lipinski definition) is 1. The molecule has 0 aliphatic rings. The number of alkyl carbamates (subject to hydrolysis) is 1. The van der Waals surface area contributed by atoms with Crippen LogP contribution in [0.2, 0.25) is 18.1 Å². The number of benzene rings is 1. The summed E-state index contributed by atoms with van der Waals surface area (Å²) in [4.78, 5) is 12.2. The quantitative estimate of drug-likeness (QED) is 0.323. The Morgan fingerprint density at radius 1 is 1.11 bits per heavy atom. The van der Waals surface area contributed by atoms with Crippen molar-refractivity contribution in [3.8, 4) is 0 Å². The second-order valence-corrected chi connectivity index (χ2v) is 14.6. The molecule has 0 fully saturated rings. The summed E-state index contributed by atoms with van der Waals surface area (Å²) in [5.41, 5.74) is 0.660. The van der Waals surface area contributed by atoms with Gasteiger partial charge >= 0.3 is 6.09 Å².